The van der Waals surface area contributed by atoms with E-state index < -0.39 is 6.09 Å². The van der Waals surface area contributed by atoms with E-state index in [9.17, 15) is 4.79 Å². The Bertz CT molecular complexity index is 352. The summed E-state index contributed by atoms with van der Waals surface area (Å²) in [4.78, 5) is 12.6. The highest BCUT2D eigenvalue weighted by Crippen LogP contribution is 2.21. The summed E-state index contributed by atoms with van der Waals surface area (Å²) in [5.74, 6) is 0. The highest BCUT2D eigenvalue weighted by molar-refractivity contribution is 6.31. The molecule has 0 aliphatic heterocycles. The zero-order chi connectivity index (χ0) is 10.7. The topological polar surface area (TPSA) is 29.5 Å². The Balaban J connectivity index is 2.96. The Hall–Kier alpha value is -1.22. The maximum Gasteiger partial charge on any atom is 0.413 e. The van der Waals surface area contributed by atoms with Crippen LogP contribution < -0.4 is 4.90 Å². The fraction of sp³-hybridized carbons (Fsp3) is 0.300. The van der Waals surface area contributed by atoms with Crippen molar-refractivity contribution in [3.05, 3.63) is 28.8 Å². The second kappa shape index (κ2) is 4.33. The van der Waals surface area contributed by atoms with Crippen molar-refractivity contribution in [3.63, 3.8) is 0 Å². The van der Waals surface area contributed by atoms with Crippen LogP contribution in [0.4, 0.5) is 10.5 Å². The monoisotopic (exact) mass is 213 g/mol. The van der Waals surface area contributed by atoms with Crippen LogP contribution in [-0.2, 0) is 4.74 Å². The smallest absolute Gasteiger partial charge is 0.413 e. The normalized spacial score (nSPS) is 9.71. The number of aryl methyl sites for hydroxylation is 1. The molecule has 14 heavy (non-hydrogen) atoms. The number of halogens is 1. The highest BCUT2D eigenvalue weighted by Gasteiger charge is 2.10. The molecule has 0 atom stereocenters. The number of amides is 1. The Labute approximate surface area is 88.2 Å². The molecule has 1 aromatic carbocycles. The molecule has 0 bridgehead atoms. The van der Waals surface area contributed by atoms with E-state index in [4.69, 9.17) is 11.6 Å². The van der Waals surface area contributed by atoms with Crippen molar-refractivity contribution < 1.29 is 9.53 Å². The van der Waals surface area contributed by atoms with Crippen LogP contribution in [-0.4, -0.2) is 20.3 Å². The van der Waals surface area contributed by atoms with Crippen molar-refractivity contribution in [2.24, 2.45) is 0 Å². The van der Waals surface area contributed by atoms with E-state index in [2.05, 4.69) is 4.74 Å². The number of methoxy groups -OCH3 is 1. The summed E-state index contributed by atoms with van der Waals surface area (Å²) in [5.41, 5.74) is 1.69. The van der Waals surface area contributed by atoms with Gasteiger partial charge in [0.1, 0.15) is 0 Å². The molecule has 3 nitrogen and oxygen atoms in total. The molecular weight excluding hydrogens is 202 g/mol. The summed E-state index contributed by atoms with van der Waals surface area (Å²) in [6.07, 6.45) is -0.397. The summed E-state index contributed by atoms with van der Waals surface area (Å²) in [7, 11) is 3.00. The Kier molecular flexibility index (Phi) is 3.36. The molecule has 76 valence electrons. The Morgan fingerprint density at radius 3 is 2.64 bits per heavy atom. The lowest BCUT2D eigenvalue weighted by molar-refractivity contribution is 0.180. The van der Waals surface area contributed by atoms with Gasteiger partial charge in [0.05, 0.1) is 7.11 Å². The van der Waals surface area contributed by atoms with Crippen molar-refractivity contribution in [2.75, 3.05) is 19.1 Å². The number of anilines is 1. The van der Waals surface area contributed by atoms with Gasteiger partial charge in [-0.3, -0.25) is 4.90 Å². The zero-order valence-corrected chi connectivity index (χ0v) is 9.13. The lowest BCUT2D eigenvalue weighted by Crippen LogP contribution is -2.25. The van der Waals surface area contributed by atoms with Crippen LogP contribution >= 0.6 is 11.6 Å². The molecule has 0 unspecified atom stereocenters. The molecule has 0 N–H and O–H groups in total. The molecule has 1 aromatic rings. The maximum absolute atomic E-state index is 11.2. The molecule has 0 heterocycles. The van der Waals surface area contributed by atoms with Gasteiger partial charge < -0.3 is 4.74 Å². The van der Waals surface area contributed by atoms with Crippen LogP contribution in [0.25, 0.3) is 0 Å². The molecule has 0 saturated heterocycles. The van der Waals surface area contributed by atoms with Gasteiger partial charge >= 0.3 is 6.09 Å². The van der Waals surface area contributed by atoms with E-state index in [1.807, 2.05) is 13.0 Å². The number of hydrogen-bond acceptors (Lipinski definition) is 2. The first-order valence-corrected chi connectivity index (χ1v) is 4.52. The summed E-state index contributed by atoms with van der Waals surface area (Å²) >= 11 is 5.86. The van der Waals surface area contributed by atoms with E-state index >= 15 is 0 Å². The third-order valence-corrected chi connectivity index (χ3v) is 2.40. The first-order chi connectivity index (χ1) is 6.56. The van der Waals surface area contributed by atoms with E-state index in [1.54, 1.807) is 19.2 Å². The zero-order valence-electron chi connectivity index (χ0n) is 8.37. The molecule has 0 fully saturated rings. The summed E-state index contributed by atoms with van der Waals surface area (Å²) in [6.45, 7) is 1.89. The molecule has 0 saturated carbocycles. The predicted molar refractivity (Wildman–Crippen MR) is 57.0 cm³/mol. The number of rotatable bonds is 1. The molecule has 0 aliphatic rings. The summed E-state index contributed by atoms with van der Waals surface area (Å²) < 4.78 is 4.59. The number of ether oxygens (including phenoxy) is 1. The minimum atomic E-state index is -0.397. The number of nitrogens with zero attached hydrogens (tertiary/aromatic N) is 1. The predicted octanol–water partition coefficient (Wildman–Crippen LogP) is 2.85. The van der Waals surface area contributed by atoms with Crippen LogP contribution in [0.15, 0.2) is 18.2 Å². The average molecular weight is 214 g/mol. The van der Waals surface area contributed by atoms with E-state index in [1.165, 1.54) is 12.0 Å². The lowest BCUT2D eigenvalue weighted by Gasteiger charge is -2.16. The van der Waals surface area contributed by atoms with Gasteiger partial charge in [-0.25, -0.2) is 4.79 Å². The van der Waals surface area contributed by atoms with Crippen LogP contribution in [0.5, 0.6) is 0 Å². The SMILES string of the molecule is COC(=O)N(C)c1ccc(Cl)c(C)c1. The van der Waals surface area contributed by atoms with Crippen LogP contribution in [0.1, 0.15) is 5.56 Å². The number of benzene rings is 1. The highest BCUT2D eigenvalue weighted by atomic mass is 35.5. The molecule has 4 heteroatoms. The van der Waals surface area contributed by atoms with Gasteiger partial charge in [0, 0.05) is 17.8 Å². The van der Waals surface area contributed by atoms with Crippen molar-refractivity contribution in [3.8, 4) is 0 Å². The largest absolute Gasteiger partial charge is 0.452 e. The van der Waals surface area contributed by atoms with Gasteiger partial charge in [-0.15, -0.1) is 0 Å². The molecule has 0 aromatic heterocycles. The minimum absolute atomic E-state index is 0.397. The van der Waals surface area contributed by atoms with Gasteiger partial charge in [0.15, 0.2) is 0 Å². The summed E-state index contributed by atoms with van der Waals surface area (Å²) in [6, 6.07) is 5.36. The average Bonchev–Trinajstić information content (AvgIpc) is 2.20. The van der Waals surface area contributed by atoms with E-state index in [0.29, 0.717) is 5.02 Å². The Morgan fingerprint density at radius 2 is 2.14 bits per heavy atom. The van der Waals surface area contributed by atoms with Gasteiger partial charge in [-0.1, -0.05) is 11.6 Å². The quantitative estimate of drug-likeness (QED) is 0.718. The van der Waals surface area contributed by atoms with Crippen LogP contribution in [0.2, 0.25) is 5.02 Å². The second-order valence-electron chi connectivity index (χ2n) is 2.96. The maximum atomic E-state index is 11.2. The molecule has 0 radical (unpaired) electrons. The number of carbonyl (C=O) groups excluding carboxylic acids is 1. The third-order valence-electron chi connectivity index (χ3n) is 1.98. The standard InChI is InChI=1S/C10H12ClNO2/c1-7-6-8(4-5-9(7)11)12(2)10(13)14-3/h4-6H,1-3H3. The molecule has 0 spiro atoms. The van der Waals surface area contributed by atoms with Crippen molar-refractivity contribution >= 4 is 23.4 Å². The van der Waals surface area contributed by atoms with Crippen molar-refractivity contribution in [1.29, 1.82) is 0 Å². The summed E-state index contributed by atoms with van der Waals surface area (Å²) in [5, 5.41) is 0.687. The van der Waals surface area contributed by atoms with Gasteiger partial charge in [0.25, 0.3) is 0 Å². The minimum Gasteiger partial charge on any atom is -0.452 e. The Morgan fingerprint density at radius 1 is 1.50 bits per heavy atom. The number of carbonyl (C=O) groups is 1. The van der Waals surface area contributed by atoms with Crippen LogP contribution in [0.3, 0.4) is 0 Å². The first kappa shape index (κ1) is 10.9. The van der Waals surface area contributed by atoms with E-state index in [-0.39, 0.29) is 0 Å². The van der Waals surface area contributed by atoms with E-state index in [0.717, 1.165) is 11.3 Å². The molecule has 1 rings (SSSR count). The fourth-order valence-corrected chi connectivity index (χ4v) is 1.20. The lowest BCUT2D eigenvalue weighted by atomic mass is 10.2. The van der Waals surface area contributed by atoms with Gasteiger partial charge in [-0.05, 0) is 30.7 Å². The van der Waals surface area contributed by atoms with Crippen molar-refractivity contribution in [2.45, 2.75) is 6.92 Å². The van der Waals surface area contributed by atoms with Crippen LogP contribution in [0, 0.1) is 6.92 Å². The van der Waals surface area contributed by atoms with Gasteiger partial charge in [-0.2, -0.15) is 0 Å². The van der Waals surface area contributed by atoms with Gasteiger partial charge in [0.2, 0.25) is 0 Å². The number of hydrogen-bond donors (Lipinski definition) is 0. The third kappa shape index (κ3) is 2.17. The molecule has 0 aliphatic carbocycles. The first-order valence-electron chi connectivity index (χ1n) is 4.14. The molecule has 1 amide bonds. The van der Waals surface area contributed by atoms with Crippen molar-refractivity contribution in [1.82, 2.24) is 0 Å². The second-order valence-corrected chi connectivity index (χ2v) is 3.37. The molecular formula is C10H12ClNO2. The fourth-order valence-electron chi connectivity index (χ4n) is 1.08.